The van der Waals surface area contributed by atoms with E-state index < -0.39 is 11.9 Å². The maximum absolute atomic E-state index is 12.0. The molecule has 1 unspecified atom stereocenters. The van der Waals surface area contributed by atoms with Crippen LogP contribution in [0, 0.1) is 5.92 Å². The van der Waals surface area contributed by atoms with E-state index in [2.05, 4.69) is 28.1 Å². The minimum absolute atomic E-state index is 0.273. The molecule has 1 atom stereocenters. The summed E-state index contributed by atoms with van der Waals surface area (Å²) in [6.07, 6.45) is 1.77. The van der Waals surface area contributed by atoms with E-state index in [9.17, 15) is 9.59 Å². The van der Waals surface area contributed by atoms with Gasteiger partial charge in [-0.05, 0) is 43.4 Å². The van der Waals surface area contributed by atoms with Gasteiger partial charge in [-0.25, -0.2) is 0 Å². The Labute approximate surface area is 126 Å². The van der Waals surface area contributed by atoms with Crippen molar-refractivity contribution >= 4 is 27.8 Å². The van der Waals surface area contributed by atoms with E-state index in [0.717, 1.165) is 17.3 Å². The molecule has 0 bridgehead atoms. The summed E-state index contributed by atoms with van der Waals surface area (Å²) in [5, 5.41) is 8.89. The van der Waals surface area contributed by atoms with Crippen LogP contribution in [0.3, 0.4) is 0 Å². The van der Waals surface area contributed by atoms with E-state index >= 15 is 0 Å². The summed E-state index contributed by atoms with van der Waals surface area (Å²) < 4.78 is 1.06. The number of likely N-dealkylation sites (tertiary alicyclic amines) is 1. The predicted octanol–water partition coefficient (Wildman–Crippen LogP) is 2.88. The van der Waals surface area contributed by atoms with Gasteiger partial charge in [0.15, 0.2) is 0 Å². The maximum Gasteiger partial charge on any atom is 0.315 e. The number of carbonyl (C=O) groups is 2. The normalized spacial score (nSPS) is 17.8. The lowest BCUT2D eigenvalue weighted by Gasteiger charge is -2.33. The number of nitrogens with zero attached hydrogens (tertiary/aromatic N) is 1. The van der Waals surface area contributed by atoms with E-state index in [0.29, 0.717) is 19.0 Å². The quantitative estimate of drug-likeness (QED) is 0.861. The maximum atomic E-state index is 12.0. The summed E-state index contributed by atoms with van der Waals surface area (Å²) in [5.41, 5.74) is 1.28. The zero-order chi connectivity index (χ0) is 14.7. The average molecular weight is 340 g/mol. The van der Waals surface area contributed by atoms with Gasteiger partial charge in [-0.2, -0.15) is 0 Å². The molecule has 0 spiro atoms. The number of hydrogen-bond acceptors (Lipinski definition) is 2. The molecule has 0 saturated carbocycles. The van der Waals surface area contributed by atoms with E-state index in [1.54, 1.807) is 4.90 Å². The highest BCUT2D eigenvalue weighted by Gasteiger charge is 2.29. The highest BCUT2D eigenvalue weighted by Crippen LogP contribution is 2.30. The number of carbonyl (C=O) groups excluding carboxylic acids is 1. The molecule has 0 aromatic heterocycles. The smallest absolute Gasteiger partial charge is 0.315 e. The van der Waals surface area contributed by atoms with Crippen molar-refractivity contribution in [2.45, 2.75) is 25.7 Å². The predicted molar refractivity (Wildman–Crippen MR) is 79.5 cm³/mol. The molecule has 1 fully saturated rings. The van der Waals surface area contributed by atoms with Gasteiger partial charge in [0, 0.05) is 17.6 Å². The van der Waals surface area contributed by atoms with Crippen molar-refractivity contribution in [3.8, 4) is 0 Å². The summed E-state index contributed by atoms with van der Waals surface area (Å²) in [7, 11) is 0. The van der Waals surface area contributed by atoms with Crippen LogP contribution >= 0.6 is 15.9 Å². The first-order chi connectivity index (χ1) is 9.49. The number of amides is 1. The molecule has 1 aliphatic rings. The van der Waals surface area contributed by atoms with Crippen LogP contribution in [-0.2, 0) is 9.59 Å². The van der Waals surface area contributed by atoms with Crippen molar-refractivity contribution in [2.75, 3.05) is 13.1 Å². The highest BCUT2D eigenvalue weighted by molar-refractivity contribution is 9.10. The Balaban J connectivity index is 1.96. The van der Waals surface area contributed by atoms with Gasteiger partial charge in [-0.1, -0.05) is 28.1 Å². The molecular formula is C15H18BrNO3. The Morgan fingerprint density at radius 2 is 2.00 bits per heavy atom. The van der Waals surface area contributed by atoms with Gasteiger partial charge in [0.2, 0.25) is 5.91 Å². The third kappa shape index (κ3) is 3.39. The topological polar surface area (TPSA) is 57.6 Å². The first-order valence-electron chi connectivity index (χ1n) is 6.76. The van der Waals surface area contributed by atoms with Crippen LogP contribution in [0.1, 0.15) is 31.2 Å². The Morgan fingerprint density at radius 3 is 2.55 bits per heavy atom. The molecule has 1 N–H and O–H groups in total. The molecular weight excluding hydrogens is 322 g/mol. The van der Waals surface area contributed by atoms with E-state index in [4.69, 9.17) is 5.11 Å². The van der Waals surface area contributed by atoms with E-state index in [1.165, 1.54) is 12.5 Å². The summed E-state index contributed by atoms with van der Waals surface area (Å²) in [5.74, 6) is -1.83. The third-order valence-electron chi connectivity index (χ3n) is 3.87. The van der Waals surface area contributed by atoms with Crippen molar-refractivity contribution in [1.29, 1.82) is 0 Å². The number of benzene rings is 1. The van der Waals surface area contributed by atoms with Crippen molar-refractivity contribution in [3.05, 3.63) is 34.3 Å². The molecule has 5 heteroatoms. The molecule has 0 radical (unpaired) electrons. The fraction of sp³-hybridized carbons (Fsp3) is 0.467. The third-order valence-corrected chi connectivity index (χ3v) is 4.36. The van der Waals surface area contributed by atoms with Crippen molar-refractivity contribution in [2.24, 2.45) is 5.92 Å². The number of carboxylic acid groups (broad SMARTS) is 1. The number of carboxylic acids is 1. The number of hydrogen-bond donors (Lipinski definition) is 1. The summed E-state index contributed by atoms with van der Waals surface area (Å²) in [6, 6.07) is 8.23. The zero-order valence-electron chi connectivity index (χ0n) is 11.4. The van der Waals surface area contributed by atoms with Gasteiger partial charge in [0.05, 0.1) is 0 Å². The van der Waals surface area contributed by atoms with Gasteiger partial charge in [0.1, 0.15) is 5.92 Å². The Bertz CT molecular complexity index is 510. The molecule has 1 aromatic carbocycles. The molecule has 2 rings (SSSR count). The second-order valence-corrected chi connectivity index (χ2v) is 6.13. The Kier molecular flexibility index (Phi) is 4.81. The lowest BCUT2D eigenvalue weighted by molar-refractivity contribution is -0.150. The lowest BCUT2D eigenvalue weighted by atomic mass is 9.89. The number of rotatable bonds is 3. The Morgan fingerprint density at radius 1 is 1.35 bits per heavy atom. The van der Waals surface area contributed by atoms with Crippen molar-refractivity contribution in [1.82, 2.24) is 4.90 Å². The molecule has 4 nitrogen and oxygen atoms in total. The largest absolute Gasteiger partial charge is 0.481 e. The van der Waals surface area contributed by atoms with E-state index in [1.807, 2.05) is 12.1 Å². The fourth-order valence-corrected chi connectivity index (χ4v) is 2.99. The van der Waals surface area contributed by atoms with Crippen LogP contribution in [0.5, 0.6) is 0 Å². The number of halogens is 1. The highest BCUT2D eigenvalue weighted by atomic mass is 79.9. The summed E-state index contributed by atoms with van der Waals surface area (Å²) >= 11 is 3.47. The molecule has 1 aromatic rings. The van der Waals surface area contributed by atoms with Crippen LogP contribution in [0.4, 0.5) is 0 Å². The van der Waals surface area contributed by atoms with E-state index in [-0.39, 0.29) is 5.91 Å². The number of aliphatic carboxylic acids is 1. The SMILES string of the molecule is CC(C(=O)O)C(=O)N1CCC(c2cccc(Br)c2)CC1. The van der Waals surface area contributed by atoms with Crippen LogP contribution in [0.15, 0.2) is 28.7 Å². The molecule has 1 heterocycles. The summed E-state index contributed by atoms with van der Waals surface area (Å²) in [6.45, 7) is 2.71. The van der Waals surface area contributed by atoms with Crippen LogP contribution in [0.2, 0.25) is 0 Å². The second-order valence-electron chi connectivity index (χ2n) is 5.21. The fourth-order valence-electron chi connectivity index (χ4n) is 2.57. The van der Waals surface area contributed by atoms with Gasteiger partial charge >= 0.3 is 5.97 Å². The lowest BCUT2D eigenvalue weighted by Crippen LogP contribution is -2.42. The Hall–Kier alpha value is -1.36. The van der Waals surface area contributed by atoms with Gasteiger partial charge in [-0.3, -0.25) is 9.59 Å². The van der Waals surface area contributed by atoms with Crippen LogP contribution in [-0.4, -0.2) is 35.0 Å². The standard InChI is InChI=1S/C15H18BrNO3/c1-10(15(19)20)14(18)17-7-5-11(6-8-17)12-3-2-4-13(16)9-12/h2-4,9-11H,5-8H2,1H3,(H,19,20). The minimum Gasteiger partial charge on any atom is -0.481 e. The second kappa shape index (κ2) is 6.39. The molecule has 108 valence electrons. The monoisotopic (exact) mass is 339 g/mol. The molecule has 1 amide bonds. The van der Waals surface area contributed by atoms with Crippen LogP contribution < -0.4 is 0 Å². The van der Waals surface area contributed by atoms with Gasteiger partial charge in [0.25, 0.3) is 0 Å². The van der Waals surface area contributed by atoms with Gasteiger partial charge < -0.3 is 10.0 Å². The van der Waals surface area contributed by atoms with Crippen molar-refractivity contribution in [3.63, 3.8) is 0 Å². The molecule has 0 aliphatic carbocycles. The average Bonchev–Trinajstić information content (AvgIpc) is 2.46. The number of piperidine rings is 1. The molecule has 1 saturated heterocycles. The van der Waals surface area contributed by atoms with Crippen molar-refractivity contribution < 1.29 is 14.7 Å². The minimum atomic E-state index is -1.05. The first-order valence-corrected chi connectivity index (χ1v) is 7.55. The zero-order valence-corrected chi connectivity index (χ0v) is 13.0. The van der Waals surface area contributed by atoms with Gasteiger partial charge in [-0.15, -0.1) is 0 Å². The molecule has 1 aliphatic heterocycles. The molecule has 20 heavy (non-hydrogen) atoms. The van der Waals surface area contributed by atoms with Crippen LogP contribution in [0.25, 0.3) is 0 Å². The first kappa shape index (κ1) is 15.0. The summed E-state index contributed by atoms with van der Waals surface area (Å²) in [4.78, 5) is 24.5.